The van der Waals surface area contributed by atoms with Crippen LogP contribution in [0.3, 0.4) is 0 Å². The zero-order valence-electron chi connectivity index (χ0n) is 11.2. The van der Waals surface area contributed by atoms with Gasteiger partial charge in [-0.1, -0.05) is 42.5 Å². The van der Waals surface area contributed by atoms with Crippen molar-refractivity contribution in [2.24, 2.45) is 0 Å². The van der Waals surface area contributed by atoms with Gasteiger partial charge in [0, 0.05) is 17.6 Å². The molecular weight excluding hydrogens is 314 g/mol. The molecule has 1 heterocycles. The first-order valence-corrected chi connectivity index (χ1v) is 7.65. The van der Waals surface area contributed by atoms with E-state index < -0.39 is 0 Å². The summed E-state index contributed by atoms with van der Waals surface area (Å²) in [6.45, 7) is 1.55. The third-order valence-electron chi connectivity index (χ3n) is 3.70. The fraction of sp³-hybridized carbons (Fsp3) is 0.235. The molecular formula is C17H16BrNO. The maximum absolute atomic E-state index is 12.4. The lowest BCUT2D eigenvalue weighted by atomic mass is 10.1. The summed E-state index contributed by atoms with van der Waals surface area (Å²) in [4.78, 5) is 14.3. The third-order valence-corrected chi connectivity index (χ3v) is 4.36. The van der Waals surface area contributed by atoms with Gasteiger partial charge in [0.1, 0.15) is 0 Å². The lowest BCUT2D eigenvalue weighted by Gasteiger charge is -2.15. The predicted octanol–water partition coefficient (Wildman–Crippen LogP) is 4.04. The Morgan fingerprint density at radius 2 is 1.85 bits per heavy atom. The van der Waals surface area contributed by atoms with E-state index in [2.05, 4.69) is 40.2 Å². The van der Waals surface area contributed by atoms with Crippen LogP contribution in [-0.4, -0.2) is 17.4 Å². The van der Waals surface area contributed by atoms with Gasteiger partial charge in [0.05, 0.1) is 5.56 Å². The minimum Gasteiger partial charge on any atom is -0.334 e. The number of nitrogens with zero attached hydrogens (tertiary/aromatic N) is 1. The van der Waals surface area contributed by atoms with Gasteiger partial charge in [0.2, 0.25) is 0 Å². The summed E-state index contributed by atoms with van der Waals surface area (Å²) in [6.07, 6.45) is 2.02. The van der Waals surface area contributed by atoms with Crippen LogP contribution in [0.4, 0.5) is 0 Å². The number of aryl methyl sites for hydroxylation is 1. The van der Waals surface area contributed by atoms with Gasteiger partial charge in [0.15, 0.2) is 0 Å². The van der Waals surface area contributed by atoms with Gasteiger partial charge in [-0.25, -0.2) is 0 Å². The fourth-order valence-electron chi connectivity index (χ4n) is 2.67. The molecule has 0 unspecified atom stereocenters. The number of hydrogen-bond acceptors (Lipinski definition) is 1. The second-order valence-corrected chi connectivity index (χ2v) is 5.94. The number of carbonyl (C=O) groups is 1. The molecule has 2 nitrogen and oxygen atoms in total. The number of benzene rings is 2. The highest BCUT2D eigenvalue weighted by molar-refractivity contribution is 9.10. The van der Waals surface area contributed by atoms with Crippen molar-refractivity contribution >= 4 is 21.8 Å². The molecule has 0 aromatic heterocycles. The molecule has 0 aliphatic carbocycles. The van der Waals surface area contributed by atoms with Crippen LogP contribution < -0.4 is 0 Å². The second kappa shape index (κ2) is 5.80. The molecule has 0 saturated carbocycles. The van der Waals surface area contributed by atoms with Gasteiger partial charge in [-0.15, -0.1) is 0 Å². The van der Waals surface area contributed by atoms with Crippen molar-refractivity contribution in [3.8, 4) is 0 Å². The Morgan fingerprint density at radius 1 is 1.05 bits per heavy atom. The fourth-order valence-corrected chi connectivity index (χ4v) is 3.25. The van der Waals surface area contributed by atoms with E-state index >= 15 is 0 Å². The van der Waals surface area contributed by atoms with E-state index in [0.29, 0.717) is 0 Å². The standard InChI is InChI=1S/C17H16BrNO/c18-15-10-4-9-14-12-19(17(20)16(14)15)11-5-8-13-6-2-1-3-7-13/h1-4,6-7,9-10H,5,8,11-12H2. The Bertz CT molecular complexity index is 624. The Morgan fingerprint density at radius 3 is 2.60 bits per heavy atom. The van der Waals surface area contributed by atoms with E-state index in [0.717, 1.165) is 41.5 Å². The Hall–Kier alpha value is -1.61. The van der Waals surface area contributed by atoms with Crippen LogP contribution in [0.2, 0.25) is 0 Å². The molecule has 0 fully saturated rings. The van der Waals surface area contributed by atoms with Gasteiger partial charge in [0.25, 0.3) is 5.91 Å². The molecule has 3 rings (SSSR count). The minimum atomic E-state index is 0.153. The molecule has 1 aliphatic heterocycles. The van der Waals surface area contributed by atoms with E-state index in [1.54, 1.807) is 0 Å². The zero-order valence-corrected chi connectivity index (χ0v) is 12.8. The first-order valence-electron chi connectivity index (χ1n) is 6.86. The van der Waals surface area contributed by atoms with E-state index in [1.807, 2.05) is 29.2 Å². The maximum Gasteiger partial charge on any atom is 0.255 e. The van der Waals surface area contributed by atoms with Crippen molar-refractivity contribution in [2.75, 3.05) is 6.54 Å². The van der Waals surface area contributed by atoms with Crippen LogP contribution in [0.1, 0.15) is 27.9 Å². The summed E-state index contributed by atoms with van der Waals surface area (Å²) in [7, 11) is 0. The SMILES string of the molecule is O=C1c2c(Br)cccc2CN1CCCc1ccccc1. The largest absolute Gasteiger partial charge is 0.334 e. The van der Waals surface area contributed by atoms with E-state index in [1.165, 1.54) is 5.56 Å². The Kier molecular flexibility index (Phi) is 3.88. The minimum absolute atomic E-state index is 0.153. The molecule has 3 heteroatoms. The van der Waals surface area contributed by atoms with Crippen molar-refractivity contribution in [3.05, 3.63) is 69.7 Å². The predicted molar refractivity (Wildman–Crippen MR) is 83.6 cm³/mol. The molecule has 1 amide bonds. The summed E-state index contributed by atoms with van der Waals surface area (Å²) >= 11 is 3.47. The lowest BCUT2D eigenvalue weighted by molar-refractivity contribution is 0.0776. The van der Waals surface area contributed by atoms with Crippen molar-refractivity contribution < 1.29 is 4.79 Å². The Labute approximate surface area is 127 Å². The second-order valence-electron chi connectivity index (χ2n) is 5.09. The van der Waals surface area contributed by atoms with Gasteiger partial charge in [-0.2, -0.15) is 0 Å². The number of halogens is 1. The van der Waals surface area contributed by atoms with Crippen molar-refractivity contribution in [2.45, 2.75) is 19.4 Å². The summed E-state index contributed by atoms with van der Waals surface area (Å²) in [6, 6.07) is 16.4. The van der Waals surface area contributed by atoms with Crippen LogP contribution in [0.25, 0.3) is 0 Å². The highest BCUT2D eigenvalue weighted by Crippen LogP contribution is 2.29. The van der Waals surface area contributed by atoms with Crippen LogP contribution in [0, 0.1) is 0 Å². The number of fused-ring (bicyclic) bond motifs is 1. The van der Waals surface area contributed by atoms with Crippen LogP contribution in [0.5, 0.6) is 0 Å². The molecule has 2 aromatic rings. The topological polar surface area (TPSA) is 20.3 Å². The first-order chi connectivity index (χ1) is 9.75. The zero-order chi connectivity index (χ0) is 13.9. The van der Waals surface area contributed by atoms with Crippen LogP contribution in [0.15, 0.2) is 53.0 Å². The highest BCUT2D eigenvalue weighted by Gasteiger charge is 2.28. The monoisotopic (exact) mass is 329 g/mol. The molecule has 20 heavy (non-hydrogen) atoms. The van der Waals surface area contributed by atoms with Crippen LogP contribution in [-0.2, 0) is 13.0 Å². The number of hydrogen-bond donors (Lipinski definition) is 0. The van der Waals surface area contributed by atoms with Crippen molar-refractivity contribution in [1.82, 2.24) is 4.90 Å². The lowest BCUT2D eigenvalue weighted by Crippen LogP contribution is -2.25. The highest BCUT2D eigenvalue weighted by atomic mass is 79.9. The average Bonchev–Trinajstić information content (AvgIpc) is 2.78. The summed E-state index contributed by atoms with van der Waals surface area (Å²) < 4.78 is 0.908. The van der Waals surface area contributed by atoms with E-state index in [4.69, 9.17) is 0 Å². The normalized spacial score (nSPS) is 13.7. The van der Waals surface area contributed by atoms with E-state index in [9.17, 15) is 4.79 Å². The number of rotatable bonds is 4. The molecule has 0 atom stereocenters. The molecule has 1 aliphatic rings. The molecule has 0 N–H and O–H groups in total. The van der Waals surface area contributed by atoms with Gasteiger partial charge in [-0.3, -0.25) is 4.79 Å². The molecule has 0 saturated heterocycles. The van der Waals surface area contributed by atoms with E-state index in [-0.39, 0.29) is 5.91 Å². The third kappa shape index (κ3) is 2.63. The van der Waals surface area contributed by atoms with Crippen molar-refractivity contribution in [1.29, 1.82) is 0 Å². The quantitative estimate of drug-likeness (QED) is 0.829. The number of amides is 1. The summed E-state index contributed by atoms with van der Waals surface area (Å²) in [5.41, 5.74) is 3.30. The molecule has 0 bridgehead atoms. The van der Waals surface area contributed by atoms with Gasteiger partial charge in [-0.05, 0) is 46.0 Å². The Balaban J connectivity index is 1.61. The van der Waals surface area contributed by atoms with Crippen LogP contribution >= 0.6 is 15.9 Å². The molecule has 102 valence electrons. The molecule has 0 spiro atoms. The molecule has 2 aromatic carbocycles. The van der Waals surface area contributed by atoms with Gasteiger partial charge < -0.3 is 4.90 Å². The first kappa shape index (κ1) is 13.4. The smallest absolute Gasteiger partial charge is 0.255 e. The number of carbonyl (C=O) groups excluding carboxylic acids is 1. The summed E-state index contributed by atoms with van der Waals surface area (Å²) in [5, 5.41) is 0. The summed E-state index contributed by atoms with van der Waals surface area (Å²) in [5.74, 6) is 0.153. The molecule has 0 radical (unpaired) electrons. The average molecular weight is 330 g/mol. The maximum atomic E-state index is 12.4. The van der Waals surface area contributed by atoms with Gasteiger partial charge >= 0.3 is 0 Å². The van der Waals surface area contributed by atoms with Crippen molar-refractivity contribution in [3.63, 3.8) is 0 Å².